The number of nitrogens with one attached hydrogen (secondary N) is 2. The van der Waals surface area contributed by atoms with Crippen molar-refractivity contribution in [2.24, 2.45) is 5.10 Å². The summed E-state index contributed by atoms with van der Waals surface area (Å²) in [4.78, 5) is 12.3. The summed E-state index contributed by atoms with van der Waals surface area (Å²) in [6, 6.07) is 13.9. The third-order valence-corrected chi connectivity index (χ3v) is 4.23. The third kappa shape index (κ3) is 4.04. The van der Waals surface area contributed by atoms with E-state index in [4.69, 9.17) is 28.9 Å². The van der Waals surface area contributed by atoms with Crippen LogP contribution >= 0.6 is 23.2 Å². The lowest BCUT2D eigenvalue weighted by Crippen LogP contribution is -2.19. The van der Waals surface area contributed by atoms with E-state index in [1.165, 1.54) is 0 Å². The number of carbonyl (C=O) groups excluding carboxylic acids is 1. The first-order valence-corrected chi connectivity index (χ1v) is 8.41. The maximum absolute atomic E-state index is 12.3. The van der Waals surface area contributed by atoms with Gasteiger partial charge in [-0.25, -0.2) is 5.43 Å². The average Bonchev–Trinajstić information content (AvgIpc) is 3.10. The number of hydrazone groups is 1. The Balaban J connectivity index is 1.74. The maximum atomic E-state index is 12.3. The monoisotopic (exact) mass is 387 g/mol. The third-order valence-electron chi connectivity index (χ3n) is 3.68. The van der Waals surface area contributed by atoms with Crippen LogP contribution in [0.25, 0.3) is 11.3 Å². The Morgan fingerprint density at radius 1 is 1.15 bits per heavy atom. The van der Waals surface area contributed by atoms with Crippen molar-refractivity contribution in [2.75, 3.05) is 5.73 Å². The van der Waals surface area contributed by atoms with Gasteiger partial charge < -0.3 is 5.73 Å². The van der Waals surface area contributed by atoms with E-state index in [2.05, 4.69) is 20.7 Å². The van der Waals surface area contributed by atoms with E-state index in [1.54, 1.807) is 43.3 Å². The predicted octanol–water partition coefficient (Wildman–Crippen LogP) is 4.12. The molecular weight excluding hydrogens is 373 g/mol. The van der Waals surface area contributed by atoms with Gasteiger partial charge in [-0.2, -0.15) is 10.2 Å². The van der Waals surface area contributed by atoms with E-state index in [-0.39, 0.29) is 5.69 Å². The number of carbonyl (C=O) groups is 1. The fourth-order valence-electron chi connectivity index (χ4n) is 2.26. The highest BCUT2D eigenvalue weighted by molar-refractivity contribution is 6.36. The number of nitrogens with zero attached hydrogens (tertiary/aromatic N) is 2. The van der Waals surface area contributed by atoms with Gasteiger partial charge in [-0.15, -0.1) is 0 Å². The number of nitrogen functional groups attached to an aromatic ring is 1. The van der Waals surface area contributed by atoms with E-state index in [0.717, 1.165) is 5.56 Å². The van der Waals surface area contributed by atoms with Crippen LogP contribution in [0.2, 0.25) is 10.0 Å². The van der Waals surface area contributed by atoms with Gasteiger partial charge in [0, 0.05) is 16.3 Å². The molecule has 26 heavy (non-hydrogen) atoms. The van der Waals surface area contributed by atoms with Crippen LogP contribution in [-0.2, 0) is 0 Å². The number of halogens is 2. The molecule has 2 aromatic carbocycles. The second kappa shape index (κ2) is 7.59. The Hall–Kier alpha value is -2.83. The van der Waals surface area contributed by atoms with Gasteiger partial charge >= 0.3 is 0 Å². The number of aromatic amines is 1. The van der Waals surface area contributed by atoms with Gasteiger partial charge in [0.15, 0.2) is 0 Å². The van der Waals surface area contributed by atoms with E-state index >= 15 is 0 Å². The second-order valence-electron chi connectivity index (χ2n) is 5.55. The first-order chi connectivity index (χ1) is 12.4. The Kier molecular flexibility index (Phi) is 5.25. The molecule has 0 aliphatic heterocycles. The lowest BCUT2D eigenvalue weighted by Gasteiger charge is -2.02. The molecule has 0 aliphatic rings. The summed E-state index contributed by atoms with van der Waals surface area (Å²) in [7, 11) is 0. The molecule has 0 unspecified atom stereocenters. The van der Waals surface area contributed by atoms with Crippen LogP contribution in [0.5, 0.6) is 0 Å². The Morgan fingerprint density at radius 2 is 1.88 bits per heavy atom. The van der Waals surface area contributed by atoms with E-state index in [1.807, 2.05) is 12.1 Å². The summed E-state index contributed by atoms with van der Waals surface area (Å²) in [6.07, 6.45) is 0. The number of aromatic nitrogens is 2. The van der Waals surface area contributed by atoms with Crippen LogP contribution in [0.15, 0.2) is 53.6 Å². The zero-order chi connectivity index (χ0) is 18.7. The van der Waals surface area contributed by atoms with Crippen molar-refractivity contribution in [1.29, 1.82) is 0 Å². The van der Waals surface area contributed by atoms with Crippen molar-refractivity contribution in [3.05, 3.63) is 69.8 Å². The molecule has 8 heteroatoms. The molecule has 0 saturated heterocycles. The highest BCUT2D eigenvalue weighted by atomic mass is 35.5. The lowest BCUT2D eigenvalue weighted by molar-refractivity contribution is 0.0950. The fourth-order valence-corrected chi connectivity index (χ4v) is 2.76. The van der Waals surface area contributed by atoms with Gasteiger partial charge in [0.2, 0.25) is 0 Å². The van der Waals surface area contributed by atoms with Crippen LogP contribution in [0.3, 0.4) is 0 Å². The van der Waals surface area contributed by atoms with Gasteiger partial charge in [-0.3, -0.25) is 9.89 Å². The summed E-state index contributed by atoms with van der Waals surface area (Å²) in [5.74, 6) is -0.413. The van der Waals surface area contributed by atoms with Gasteiger partial charge in [0.05, 0.1) is 16.4 Å². The summed E-state index contributed by atoms with van der Waals surface area (Å²) in [5.41, 5.74) is 11.8. The van der Waals surface area contributed by atoms with Crippen LogP contribution in [-0.4, -0.2) is 21.8 Å². The van der Waals surface area contributed by atoms with Gasteiger partial charge in [0.1, 0.15) is 5.69 Å². The highest BCUT2D eigenvalue weighted by Crippen LogP contribution is 2.29. The maximum Gasteiger partial charge on any atom is 0.289 e. The van der Waals surface area contributed by atoms with Crippen molar-refractivity contribution in [1.82, 2.24) is 15.6 Å². The number of anilines is 1. The van der Waals surface area contributed by atoms with E-state index < -0.39 is 5.91 Å². The SMILES string of the molecule is C/C(=N\NC(=O)c1cc(-c2ccc(Cl)cc2Cl)n[nH]1)c1ccc(N)cc1. The molecule has 132 valence electrons. The van der Waals surface area contributed by atoms with Crippen LogP contribution < -0.4 is 11.2 Å². The van der Waals surface area contributed by atoms with Crippen molar-refractivity contribution in [2.45, 2.75) is 6.92 Å². The van der Waals surface area contributed by atoms with Crippen molar-refractivity contribution in [3.63, 3.8) is 0 Å². The standard InChI is InChI=1S/C18H15Cl2N5O/c1-10(11-2-5-13(21)6-3-11)22-25-18(26)17-9-16(23-24-17)14-7-4-12(19)8-15(14)20/h2-9H,21H2,1H3,(H,23,24)(H,25,26)/b22-10+. The minimum Gasteiger partial charge on any atom is -0.399 e. The zero-order valence-corrected chi connectivity index (χ0v) is 15.3. The Bertz CT molecular complexity index is 980. The molecule has 1 aromatic heterocycles. The lowest BCUT2D eigenvalue weighted by atomic mass is 10.1. The van der Waals surface area contributed by atoms with Crippen LogP contribution in [0.1, 0.15) is 23.0 Å². The van der Waals surface area contributed by atoms with Gasteiger partial charge in [0.25, 0.3) is 5.91 Å². The molecule has 1 heterocycles. The number of rotatable bonds is 4. The average molecular weight is 388 g/mol. The topological polar surface area (TPSA) is 96.2 Å². The minimum absolute atomic E-state index is 0.264. The number of H-pyrrole nitrogens is 1. The summed E-state index contributed by atoms with van der Waals surface area (Å²) in [5, 5.41) is 11.9. The molecule has 3 rings (SSSR count). The molecule has 3 aromatic rings. The highest BCUT2D eigenvalue weighted by Gasteiger charge is 2.13. The van der Waals surface area contributed by atoms with E-state index in [0.29, 0.717) is 32.7 Å². The molecule has 4 N–H and O–H groups in total. The quantitative estimate of drug-likeness (QED) is 0.356. The van der Waals surface area contributed by atoms with Gasteiger partial charge in [-0.1, -0.05) is 35.3 Å². The Labute approximate surface area is 160 Å². The van der Waals surface area contributed by atoms with Gasteiger partial charge in [-0.05, 0) is 48.9 Å². The number of amides is 1. The largest absolute Gasteiger partial charge is 0.399 e. The van der Waals surface area contributed by atoms with Crippen LogP contribution in [0.4, 0.5) is 5.69 Å². The van der Waals surface area contributed by atoms with Crippen molar-refractivity contribution >= 4 is 40.5 Å². The summed E-state index contributed by atoms with van der Waals surface area (Å²) < 4.78 is 0. The number of nitrogens with two attached hydrogens (primary N) is 1. The molecule has 0 saturated carbocycles. The minimum atomic E-state index is -0.413. The first kappa shape index (κ1) is 18.0. The number of benzene rings is 2. The van der Waals surface area contributed by atoms with Crippen molar-refractivity contribution < 1.29 is 4.79 Å². The molecule has 0 fully saturated rings. The smallest absolute Gasteiger partial charge is 0.289 e. The first-order valence-electron chi connectivity index (χ1n) is 7.65. The summed E-state index contributed by atoms with van der Waals surface area (Å²) in [6.45, 7) is 1.79. The molecule has 1 amide bonds. The molecule has 0 atom stereocenters. The Morgan fingerprint density at radius 3 is 2.58 bits per heavy atom. The number of hydrogen-bond acceptors (Lipinski definition) is 4. The molecule has 0 radical (unpaired) electrons. The normalized spacial score (nSPS) is 11.4. The molecular formula is C18H15Cl2N5O. The zero-order valence-electron chi connectivity index (χ0n) is 13.8. The van der Waals surface area contributed by atoms with Crippen LogP contribution in [0, 0.1) is 0 Å². The molecule has 0 aliphatic carbocycles. The molecule has 0 bridgehead atoms. The summed E-state index contributed by atoms with van der Waals surface area (Å²) >= 11 is 12.1. The number of hydrogen-bond donors (Lipinski definition) is 3. The molecule has 0 spiro atoms. The van der Waals surface area contributed by atoms with Crippen molar-refractivity contribution in [3.8, 4) is 11.3 Å². The van der Waals surface area contributed by atoms with E-state index in [9.17, 15) is 4.79 Å². The molecule has 6 nitrogen and oxygen atoms in total. The second-order valence-corrected chi connectivity index (χ2v) is 6.39. The fraction of sp³-hybridized carbons (Fsp3) is 0.0556. The predicted molar refractivity (Wildman–Crippen MR) is 105 cm³/mol.